The molecule has 2 heterocycles. The number of H-pyrrole nitrogens is 1. The van der Waals surface area contributed by atoms with E-state index in [0.717, 1.165) is 6.08 Å². The molecule has 21 heavy (non-hydrogen) atoms. The monoisotopic (exact) mass is 293 g/mol. The second-order valence-electron chi connectivity index (χ2n) is 4.63. The van der Waals surface area contributed by atoms with Gasteiger partial charge in [-0.15, -0.1) is 0 Å². The highest BCUT2D eigenvalue weighted by molar-refractivity contribution is 5.02. The van der Waals surface area contributed by atoms with E-state index in [9.17, 15) is 14.7 Å². The maximum Gasteiger partial charge on any atom is 0.330 e. The van der Waals surface area contributed by atoms with Gasteiger partial charge in [-0.05, 0) is 6.92 Å². The Balaban J connectivity index is 2.21. The fourth-order valence-corrected chi connectivity index (χ4v) is 2.15. The van der Waals surface area contributed by atoms with E-state index >= 15 is 0 Å². The molecule has 0 amide bonds. The highest BCUT2D eigenvalue weighted by Crippen LogP contribution is 2.29. The Bertz CT molecular complexity index is 684. The number of aryl methyl sites for hydroxylation is 1. The quantitative estimate of drug-likeness (QED) is 0.573. The molecule has 0 aliphatic carbocycles. The molecule has 1 saturated heterocycles. The fourth-order valence-electron chi connectivity index (χ4n) is 2.15. The Labute approximate surface area is 119 Å². The maximum atomic E-state index is 11.8. The van der Waals surface area contributed by atoms with Crippen LogP contribution in [0, 0.1) is 18.3 Å². The van der Waals surface area contributed by atoms with E-state index in [1.807, 2.05) is 0 Å². The number of hydrogen-bond donors (Lipinski definition) is 2. The Morgan fingerprint density at radius 1 is 1.67 bits per heavy atom. The smallest absolute Gasteiger partial charge is 0.330 e. The van der Waals surface area contributed by atoms with Crippen molar-refractivity contribution in [2.24, 2.45) is 0 Å². The number of rotatable bonds is 4. The first-order valence-corrected chi connectivity index (χ1v) is 6.35. The first-order chi connectivity index (χ1) is 10.1. The van der Waals surface area contributed by atoms with E-state index in [1.165, 1.54) is 17.0 Å². The van der Waals surface area contributed by atoms with E-state index < -0.39 is 29.7 Å². The van der Waals surface area contributed by atoms with Crippen LogP contribution in [0.5, 0.6) is 0 Å². The number of aromatic amines is 1. The van der Waals surface area contributed by atoms with Crippen molar-refractivity contribution in [3.05, 3.63) is 44.9 Å². The molecule has 0 radical (unpaired) electrons. The molecule has 0 spiro atoms. The molecular formula is C13H15N3O5. The molecule has 0 bridgehead atoms. The van der Waals surface area contributed by atoms with Crippen LogP contribution in [-0.4, -0.2) is 33.5 Å². The Kier molecular flexibility index (Phi) is 4.57. The molecule has 0 aromatic carbocycles. The van der Waals surface area contributed by atoms with Crippen molar-refractivity contribution < 1.29 is 14.6 Å². The molecular weight excluding hydrogens is 278 g/mol. The highest BCUT2D eigenvalue weighted by atomic mass is 16.6. The highest BCUT2D eigenvalue weighted by Gasteiger charge is 2.37. The van der Waals surface area contributed by atoms with Crippen LogP contribution in [-0.2, 0) is 9.47 Å². The second-order valence-corrected chi connectivity index (χ2v) is 4.63. The molecule has 8 nitrogen and oxygen atoms in total. The second kappa shape index (κ2) is 6.39. The predicted molar refractivity (Wildman–Crippen MR) is 71.3 cm³/mol. The van der Waals surface area contributed by atoms with Crippen LogP contribution >= 0.6 is 0 Å². The lowest BCUT2D eigenvalue weighted by atomic mass is 10.2. The number of allylic oxidation sites excluding steroid dienone is 1. The number of nitrogens with zero attached hydrogens (tertiary/aromatic N) is 2. The molecule has 1 aromatic heterocycles. The third kappa shape index (κ3) is 3.21. The van der Waals surface area contributed by atoms with Gasteiger partial charge in [-0.2, -0.15) is 5.26 Å². The summed E-state index contributed by atoms with van der Waals surface area (Å²) < 4.78 is 12.1. The summed E-state index contributed by atoms with van der Waals surface area (Å²) in [6.45, 7) is 1.30. The third-order valence-corrected chi connectivity index (χ3v) is 3.21. The maximum absolute atomic E-state index is 11.8. The molecule has 8 heteroatoms. The van der Waals surface area contributed by atoms with Crippen LogP contribution in [0.2, 0.25) is 0 Å². The van der Waals surface area contributed by atoms with Gasteiger partial charge in [0.1, 0.15) is 18.4 Å². The summed E-state index contributed by atoms with van der Waals surface area (Å²) in [6.07, 6.45) is 2.37. The number of hydrogen-bond acceptors (Lipinski definition) is 6. The summed E-state index contributed by atoms with van der Waals surface area (Å²) in [5.74, 6) is 0. The molecule has 2 N–H and O–H groups in total. The average Bonchev–Trinajstić information content (AvgIpc) is 2.86. The van der Waals surface area contributed by atoms with E-state index in [0.29, 0.717) is 12.0 Å². The zero-order chi connectivity index (χ0) is 15.4. The van der Waals surface area contributed by atoms with Crippen LogP contribution < -0.4 is 11.2 Å². The van der Waals surface area contributed by atoms with Crippen LogP contribution in [0.1, 0.15) is 18.2 Å². The van der Waals surface area contributed by atoms with Crippen LogP contribution in [0.25, 0.3) is 0 Å². The summed E-state index contributed by atoms with van der Waals surface area (Å²) in [7, 11) is 0. The van der Waals surface area contributed by atoms with Crippen molar-refractivity contribution in [2.45, 2.75) is 31.8 Å². The zero-order valence-electron chi connectivity index (χ0n) is 11.4. The van der Waals surface area contributed by atoms with Crippen molar-refractivity contribution in [1.29, 1.82) is 5.26 Å². The van der Waals surface area contributed by atoms with Gasteiger partial charge < -0.3 is 14.6 Å². The van der Waals surface area contributed by atoms with Crippen molar-refractivity contribution in [3.63, 3.8) is 0 Å². The average molecular weight is 293 g/mol. The van der Waals surface area contributed by atoms with E-state index in [4.69, 9.17) is 14.7 Å². The van der Waals surface area contributed by atoms with Gasteiger partial charge in [0.05, 0.1) is 25.0 Å². The van der Waals surface area contributed by atoms with Crippen LogP contribution in [0.4, 0.5) is 0 Å². The van der Waals surface area contributed by atoms with Crippen LogP contribution in [0.15, 0.2) is 28.1 Å². The van der Waals surface area contributed by atoms with E-state index in [1.54, 1.807) is 13.0 Å². The van der Waals surface area contributed by atoms with Gasteiger partial charge in [0.25, 0.3) is 5.56 Å². The van der Waals surface area contributed by atoms with Crippen LogP contribution in [0.3, 0.4) is 0 Å². The number of aromatic nitrogens is 2. The molecule has 2 rings (SSSR count). The zero-order valence-corrected chi connectivity index (χ0v) is 11.4. The van der Waals surface area contributed by atoms with E-state index in [-0.39, 0.29) is 6.61 Å². The summed E-state index contributed by atoms with van der Waals surface area (Å²) >= 11 is 0. The third-order valence-electron chi connectivity index (χ3n) is 3.21. The molecule has 0 unspecified atom stereocenters. The minimum Gasteiger partial charge on any atom is -0.494 e. The number of nitrogens with one attached hydrogen (secondary N) is 1. The number of aliphatic hydroxyl groups excluding tert-OH is 1. The Hall–Kier alpha value is -2.37. The van der Waals surface area contributed by atoms with Gasteiger partial charge in [0.15, 0.2) is 0 Å². The van der Waals surface area contributed by atoms with Gasteiger partial charge in [-0.3, -0.25) is 14.3 Å². The van der Waals surface area contributed by atoms with Gasteiger partial charge in [0.2, 0.25) is 0 Å². The van der Waals surface area contributed by atoms with Crippen molar-refractivity contribution >= 4 is 0 Å². The molecule has 3 atom stereocenters. The lowest BCUT2D eigenvalue weighted by molar-refractivity contribution is -0.0481. The topological polar surface area (TPSA) is 117 Å². The SMILES string of the molecule is Cc1cn([C@H]2C[C@H](O/C=C/C#N)[C@@H](CO)O2)c(=O)[nH]c1=O. The first-order valence-electron chi connectivity index (χ1n) is 6.35. The molecule has 1 aliphatic rings. The normalized spacial score (nSPS) is 25.1. The van der Waals surface area contributed by atoms with Gasteiger partial charge in [0, 0.05) is 18.2 Å². The molecule has 1 aliphatic heterocycles. The largest absolute Gasteiger partial charge is 0.494 e. The summed E-state index contributed by atoms with van der Waals surface area (Å²) in [5.41, 5.74) is -0.647. The lowest BCUT2D eigenvalue weighted by Gasteiger charge is -2.15. The van der Waals surface area contributed by atoms with Crippen molar-refractivity contribution in [2.75, 3.05) is 6.61 Å². The Morgan fingerprint density at radius 2 is 2.43 bits per heavy atom. The summed E-state index contributed by atoms with van der Waals surface area (Å²) in [6, 6.07) is 1.79. The lowest BCUT2D eigenvalue weighted by Crippen LogP contribution is -2.33. The van der Waals surface area contributed by atoms with Gasteiger partial charge in [-0.25, -0.2) is 4.79 Å². The number of aliphatic hydroxyl groups is 1. The minimum absolute atomic E-state index is 0.279. The standard InChI is InChI=1S/C13H15N3O5/c1-8-6-16(13(19)15-12(8)18)11-5-9(10(7-17)21-11)20-4-2-3-14/h2,4,6,9-11,17H,5,7H2,1H3,(H,15,18,19)/b4-2+/t9-,10+,11+/m0/s1. The minimum atomic E-state index is -0.648. The fraction of sp³-hybridized carbons (Fsp3) is 0.462. The first kappa shape index (κ1) is 15.0. The molecule has 1 aromatic rings. The van der Waals surface area contributed by atoms with Gasteiger partial charge >= 0.3 is 5.69 Å². The number of nitriles is 1. The van der Waals surface area contributed by atoms with E-state index in [2.05, 4.69) is 4.98 Å². The molecule has 112 valence electrons. The number of ether oxygens (including phenoxy) is 2. The Morgan fingerprint density at radius 3 is 3.10 bits per heavy atom. The van der Waals surface area contributed by atoms with Crippen molar-refractivity contribution in [3.8, 4) is 6.07 Å². The molecule has 0 saturated carbocycles. The molecule has 1 fully saturated rings. The van der Waals surface area contributed by atoms with Gasteiger partial charge in [-0.1, -0.05) is 0 Å². The summed E-state index contributed by atoms with van der Waals surface area (Å²) in [5, 5.41) is 17.7. The summed E-state index contributed by atoms with van der Waals surface area (Å²) in [4.78, 5) is 25.4. The van der Waals surface area contributed by atoms with Crippen molar-refractivity contribution in [1.82, 2.24) is 9.55 Å². The predicted octanol–water partition coefficient (Wildman–Crippen LogP) is -0.453.